The summed E-state index contributed by atoms with van der Waals surface area (Å²) in [5.74, 6) is 1.91. The molecule has 0 aromatic carbocycles. The summed E-state index contributed by atoms with van der Waals surface area (Å²) in [5, 5.41) is 7.54. The van der Waals surface area contributed by atoms with E-state index >= 15 is 0 Å². The van der Waals surface area contributed by atoms with Crippen LogP contribution in [0.15, 0.2) is 27.5 Å². The number of hydrogen-bond acceptors (Lipinski definition) is 5. The first-order valence-corrected chi connectivity index (χ1v) is 7.27. The molecule has 2 aromatic heterocycles. The fraction of sp³-hybridized carbons (Fsp3) is 0.600. The highest BCUT2D eigenvalue weighted by Gasteiger charge is 2.16. The van der Waals surface area contributed by atoms with Crippen LogP contribution in [0.5, 0.6) is 0 Å². The number of rotatable bonds is 8. The molecule has 5 heteroatoms. The van der Waals surface area contributed by atoms with Crippen molar-refractivity contribution in [3.05, 3.63) is 24.5 Å². The molecule has 0 aliphatic rings. The van der Waals surface area contributed by atoms with Gasteiger partial charge in [-0.05, 0) is 31.4 Å². The largest absolute Gasteiger partial charge is 0.472 e. The van der Waals surface area contributed by atoms with E-state index in [1.54, 1.807) is 12.5 Å². The summed E-state index contributed by atoms with van der Waals surface area (Å²) in [5.41, 5.74) is 0.849. The van der Waals surface area contributed by atoms with Gasteiger partial charge in [-0.1, -0.05) is 25.9 Å². The van der Waals surface area contributed by atoms with Crippen LogP contribution in [0.1, 0.15) is 39.5 Å². The lowest BCUT2D eigenvalue weighted by molar-refractivity contribution is 0.338. The SMILES string of the molecule is CCCNC(Cc1nc(-c2ccoc2)no1)CC(C)C. The van der Waals surface area contributed by atoms with Gasteiger partial charge in [0.15, 0.2) is 0 Å². The molecule has 2 heterocycles. The maximum atomic E-state index is 5.34. The van der Waals surface area contributed by atoms with Gasteiger partial charge in [0.1, 0.15) is 6.26 Å². The number of nitrogens with zero attached hydrogens (tertiary/aromatic N) is 2. The number of nitrogens with one attached hydrogen (secondary N) is 1. The molecule has 5 nitrogen and oxygen atoms in total. The number of furan rings is 1. The highest BCUT2D eigenvalue weighted by Crippen LogP contribution is 2.17. The van der Waals surface area contributed by atoms with E-state index in [4.69, 9.17) is 8.94 Å². The Morgan fingerprint density at radius 1 is 1.35 bits per heavy atom. The van der Waals surface area contributed by atoms with Crippen molar-refractivity contribution in [3.63, 3.8) is 0 Å². The second-order valence-corrected chi connectivity index (χ2v) is 5.51. The van der Waals surface area contributed by atoms with Crippen molar-refractivity contribution in [2.45, 2.75) is 46.1 Å². The molecule has 0 aliphatic carbocycles. The molecule has 0 bridgehead atoms. The quantitative estimate of drug-likeness (QED) is 0.802. The Hall–Kier alpha value is -1.62. The van der Waals surface area contributed by atoms with Crippen LogP contribution in [-0.2, 0) is 6.42 Å². The summed E-state index contributed by atoms with van der Waals surface area (Å²) in [6.07, 6.45) is 6.22. The van der Waals surface area contributed by atoms with Crippen LogP contribution >= 0.6 is 0 Å². The Bertz CT molecular complexity index is 491. The van der Waals surface area contributed by atoms with Crippen molar-refractivity contribution in [1.29, 1.82) is 0 Å². The molecule has 0 aliphatic heterocycles. The normalized spacial score (nSPS) is 13.0. The molecular weight excluding hydrogens is 254 g/mol. The molecule has 20 heavy (non-hydrogen) atoms. The molecule has 1 N–H and O–H groups in total. The van der Waals surface area contributed by atoms with Gasteiger partial charge in [0.25, 0.3) is 0 Å². The third-order valence-corrected chi connectivity index (χ3v) is 3.11. The van der Waals surface area contributed by atoms with Crippen LogP contribution in [0, 0.1) is 5.92 Å². The average Bonchev–Trinajstić information content (AvgIpc) is 3.05. The molecule has 2 rings (SSSR count). The van der Waals surface area contributed by atoms with Crippen molar-refractivity contribution in [2.24, 2.45) is 5.92 Å². The lowest BCUT2D eigenvalue weighted by Gasteiger charge is -2.18. The van der Waals surface area contributed by atoms with Crippen LogP contribution in [-0.4, -0.2) is 22.7 Å². The van der Waals surface area contributed by atoms with E-state index in [-0.39, 0.29) is 0 Å². The standard InChI is InChI=1S/C15H23N3O2/c1-4-6-16-13(8-11(2)3)9-14-17-15(18-20-14)12-5-7-19-10-12/h5,7,10-11,13,16H,4,6,8-9H2,1-3H3. The van der Waals surface area contributed by atoms with Gasteiger partial charge in [-0.3, -0.25) is 0 Å². The molecule has 0 saturated heterocycles. The Kier molecular flexibility index (Phi) is 5.35. The van der Waals surface area contributed by atoms with Gasteiger partial charge in [0.05, 0.1) is 11.8 Å². The van der Waals surface area contributed by atoms with Crippen molar-refractivity contribution < 1.29 is 8.94 Å². The van der Waals surface area contributed by atoms with Crippen LogP contribution in [0.4, 0.5) is 0 Å². The summed E-state index contributed by atoms with van der Waals surface area (Å²) in [6.45, 7) is 7.64. The van der Waals surface area contributed by atoms with Gasteiger partial charge in [-0.2, -0.15) is 4.98 Å². The van der Waals surface area contributed by atoms with E-state index in [1.807, 2.05) is 6.07 Å². The van der Waals surface area contributed by atoms with Crippen LogP contribution in [0.2, 0.25) is 0 Å². The summed E-state index contributed by atoms with van der Waals surface area (Å²) in [6, 6.07) is 2.21. The minimum Gasteiger partial charge on any atom is -0.472 e. The van der Waals surface area contributed by atoms with Gasteiger partial charge >= 0.3 is 0 Å². The molecule has 0 amide bonds. The lowest BCUT2D eigenvalue weighted by atomic mass is 10.0. The average molecular weight is 277 g/mol. The Labute approximate surface area is 119 Å². The predicted octanol–water partition coefficient (Wildman–Crippen LogP) is 3.29. The topological polar surface area (TPSA) is 64.1 Å². The van der Waals surface area contributed by atoms with Crippen molar-refractivity contribution in [3.8, 4) is 11.4 Å². The summed E-state index contributed by atoms with van der Waals surface area (Å²) >= 11 is 0. The zero-order valence-electron chi connectivity index (χ0n) is 12.4. The smallest absolute Gasteiger partial charge is 0.228 e. The summed E-state index contributed by atoms with van der Waals surface area (Å²) < 4.78 is 10.4. The molecule has 0 saturated carbocycles. The molecule has 0 fully saturated rings. The second-order valence-electron chi connectivity index (χ2n) is 5.51. The zero-order chi connectivity index (χ0) is 14.4. The third kappa shape index (κ3) is 4.20. The second kappa shape index (κ2) is 7.24. The zero-order valence-corrected chi connectivity index (χ0v) is 12.4. The molecule has 0 spiro atoms. The van der Waals surface area contributed by atoms with E-state index in [9.17, 15) is 0 Å². The van der Waals surface area contributed by atoms with Crippen molar-refractivity contribution in [2.75, 3.05) is 6.54 Å². The van der Waals surface area contributed by atoms with E-state index in [0.29, 0.717) is 23.7 Å². The van der Waals surface area contributed by atoms with E-state index < -0.39 is 0 Å². The first-order valence-electron chi connectivity index (χ1n) is 7.27. The van der Waals surface area contributed by atoms with Gasteiger partial charge in [0, 0.05) is 12.5 Å². The highest BCUT2D eigenvalue weighted by molar-refractivity contribution is 5.51. The molecular formula is C15H23N3O2. The Morgan fingerprint density at radius 2 is 2.20 bits per heavy atom. The Morgan fingerprint density at radius 3 is 2.85 bits per heavy atom. The fourth-order valence-electron chi connectivity index (χ4n) is 2.21. The summed E-state index contributed by atoms with van der Waals surface area (Å²) in [4.78, 5) is 4.43. The van der Waals surface area contributed by atoms with Crippen molar-refractivity contribution >= 4 is 0 Å². The molecule has 1 atom stereocenters. The van der Waals surface area contributed by atoms with Crippen LogP contribution in [0.25, 0.3) is 11.4 Å². The van der Waals surface area contributed by atoms with Gasteiger partial charge in [-0.15, -0.1) is 0 Å². The van der Waals surface area contributed by atoms with Gasteiger partial charge in [-0.25, -0.2) is 0 Å². The Balaban J connectivity index is 1.99. The maximum Gasteiger partial charge on any atom is 0.228 e. The predicted molar refractivity (Wildman–Crippen MR) is 77.2 cm³/mol. The third-order valence-electron chi connectivity index (χ3n) is 3.11. The molecule has 0 radical (unpaired) electrons. The van der Waals surface area contributed by atoms with E-state index in [1.165, 1.54) is 0 Å². The number of aromatic nitrogens is 2. The molecule has 110 valence electrons. The van der Waals surface area contributed by atoms with E-state index in [0.717, 1.165) is 31.4 Å². The first kappa shape index (κ1) is 14.8. The summed E-state index contributed by atoms with van der Waals surface area (Å²) in [7, 11) is 0. The highest BCUT2D eigenvalue weighted by atomic mass is 16.5. The lowest BCUT2D eigenvalue weighted by Crippen LogP contribution is -2.33. The van der Waals surface area contributed by atoms with Crippen LogP contribution < -0.4 is 5.32 Å². The monoisotopic (exact) mass is 277 g/mol. The first-order chi connectivity index (χ1) is 9.69. The maximum absolute atomic E-state index is 5.34. The minimum absolute atomic E-state index is 0.382. The van der Waals surface area contributed by atoms with E-state index in [2.05, 4.69) is 36.2 Å². The number of hydrogen-bond donors (Lipinski definition) is 1. The van der Waals surface area contributed by atoms with Crippen LogP contribution in [0.3, 0.4) is 0 Å². The minimum atomic E-state index is 0.382. The molecule has 1 unspecified atom stereocenters. The van der Waals surface area contributed by atoms with Gasteiger partial charge < -0.3 is 14.3 Å². The van der Waals surface area contributed by atoms with Crippen molar-refractivity contribution in [1.82, 2.24) is 15.5 Å². The fourth-order valence-corrected chi connectivity index (χ4v) is 2.21. The molecule has 2 aromatic rings. The van der Waals surface area contributed by atoms with Gasteiger partial charge in [0.2, 0.25) is 11.7 Å².